The van der Waals surface area contributed by atoms with Gasteiger partial charge in [-0.3, -0.25) is 4.99 Å². The molecule has 3 aromatic carbocycles. The van der Waals surface area contributed by atoms with E-state index in [9.17, 15) is 45.6 Å². The monoisotopic (exact) mass is 565 g/mol. The molecule has 11 heteroatoms. The minimum atomic E-state index is -1.69. The summed E-state index contributed by atoms with van der Waals surface area (Å²) in [4.78, 5) is 16.9. The van der Waals surface area contributed by atoms with Gasteiger partial charge >= 0.3 is 5.97 Å². The van der Waals surface area contributed by atoms with Crippen molar-refractivity contribution in [3.8, 4) is 11.5 Å². The van der Waals surface area contributed by atoms with Gasteiger partial charge in [-0.15, -0.1) is 0 Å². The topological polar surface area (TPSA) is 200 Å². The van der Waals surface area contributed by atoms with Gasteiger partial charge in [0.25, 0.3) is 0 Å². The number of aromatic hydroxyl groups is 2. The van der Waals surface area contributed by atoms with Crippen molar-refractivity contribution in [1.29, 1.82) is 0 Å². The van der Waals surface area contributed by atoms with Crippen LogP contribution in [0.1, 0.15) is 39.3 Å². The van der Waals surface area contributed by atoms with E-state index in [-0.39, 0.29) is 45.9 Å². The molecule has 1 heterocycles. The molecule has 216 valence electrons. The molecule has 0 saturated carbocycles. The smallest absolute Gasteiger partial charge is 0.328 e. The fourth-order valence-electron chi connectivity index (χ4n) is 5.74. The third-order valence-electron chi connectivity index (χ3n) is 7.71. The van der Waals surface area contributed by atoms with Gasteiger partial charge in [-0.25, -0.2) is 4.79 Å². The van der Waals surface area contributed by atoms with Crippen molar-refractivity contribution in [2.24, 2.45) is 4.99 Å². The first-order valence-electron chi connectivity index (χ1n) is 13.1. The first-order chi connectivity index (χ1) is 19.7. The number of aliphatic carboxylic acids is 1. The first kappa shape index (κ1) is 28.7. The lowest BCUT2D eigenvalue weighted by atomic mass is 9.71. The lowest BCUT2D eigenvalue weighted by Crippen LogP contribution is -2.60. The summed E-state index contributed by atoms with van der Waals surface area (Å²) in [5, 5.41) is 84.0. The molecule has 5 rings (SSSR count). The number of ether oxygens (including phenoxy) is 1. The molecule has 0 radical (unpaired) electrons. The standard InChI is InChI=1S/C30H31NO10/c32-12-15-9-17-22(29-28(38)27(37)26(36)21(13-33)41-29)16-7-4-8-19(34)23(16)25(24(17)20(35)11-15)31-18(30(39)40)10-14-5-2-1-3-6-14/h1-9,11,18,21-22,26-29,32-38H,10,12-13H2,(H,39,40)/t18-,21+,22?,26+,27-,28+,29-/m0/s1. The molecular formula is C30H31NO10. The van der Waals surface area contributed by atoms with E-state index in [4.69, 9.17) is 4.74 Å². The van der Waals surface area contributed by atoms with Gasteiger partial charge in [0.05, 0.1) is 25.0 Å². The van der Waals surface area contributed by atoms with E-state index in [2.05, 4.69) is 4.99 Å². The van der Waals surface area contributed by atoms with Crippen LogP contribution in [0.2, 0.25) is 0 Å². The Morgan fingerprint density at radius 1 is 0.829 bits per heavy atom. The fourth-order valence-corrected chi connectivity index (χ4v) is 5.74. The normalized spacial score (nSPS) is 27.2. The van der Waals surface area contributed by atoms with Gasteiger partial charge in [0.1, 0.15) is 35.9 Å². The van der Waals surface area contributed by atoms with Gasteiger partial charge < -0.3 is 45.6 Å². The Balaban J connectivity index is 1.75. The van der Waals surface area contributed by atoms with Crippen molar-refractivity contribution in [3.05, 3.63) is 94.0 Å². The highest BCUT2D eigenvalue weighted by Crippen LogP contribution is 2.48. The maximum absolute atomic E-state index is 12.4. The summed E-state index contributed by atoms with van der Waals surface area (Å²) in [6.45, 7) is -1.13. The molecule has 1 saturated heterocycles. The van der Waals surface area contributed by atoms with Crippen LogP contribution in [0.3, 0.4) is 0 Å². The van der Waals surface area contributed by atoms with Crippen LogP contribution in [0, 0.1) is 0 Å². The number of aliphatic hydroxyl groups is 5. The van der Waals surface area contributed by atoms with Gasteiger partial charge in [0, 0.05) is 23.5 Å². The van der Waals surface area contributed by atoms with E-state index < -0.39 is 61.7 Å². The number of nitrogens with zero attached hydrogens (tertiary/aromatic N) is 1. The maximum atomic E-state index is 12.4. The van der Waals surface area contributed by atoms with Crippen LogP contribution in [0.5, 0.6) is 11.5 Å². The van der Waals surface area contributed by atoms with Crippen molar-refractivity contribution in [2.45, 2.75) is 55.5 Å². The van der Waals surface area contributed by atoms with Crippen molar-refractivity contribution in [1.82, 2.24) is 0 Å². The molecule has 8 N–H and O–H groups in total. The molecule has 0 aromatic heterocycles. The molecule has 0 amide bonds. The van der Waals surface area contributed by atoms with Crippen LogP contribution in [0.4, 0.5) is 0 Å². The molecule has 7 atom stereocenters. The van der Waals surface area contributed by atoms with Crippen molar-refractivity contribution < 1.29 is 50.4 Å². The largest absolute Gasteiger partial charge is 0.507 e. The second-order valence-corrected chi connectivity index (χ2v) is 10.3. The molecular weight excluding hydrogens is 534 g/mol. The number of benzene rings is 3. The summed E-state index contributed by atoms with van der Waals surface area (Å²) in [6, 6.07) is 14.9. The molecule has 3 aromatic rings. The Morgan fingerprint density at radius 2 is 1.54 bits per heavy atom. The molecule has 1 aliphatic carbocycles. The van der Waals surface area contributed by atoms with Crippen LogP contribution in [0.25, 0.3) is 0 Å². The third kappa shape index (κ3) is 5.19. The molecule has 2 aliphatic rings. The Labute approximate surface area is 234 Å². The highest BCUT2D eigenvalue weighted by atomic mass is 16.5. The number of carboxylic acid groups (broad SMARTS) is 1. The highest BCUT2D eigenvalue weighted by molar-refractivity contribution is 6.19. The summed E-state index contributed by atoms with van der Waals surface area (Å²) in [5.41, 5.74) is 1.73. The Bertz CT molecular complexity index is 1460. The molecule has 0 spiro atoms. The third-order valence-corrected chi connectivity index (χ3v) is 7.71. The van der Waals surface area contributed by atoms with Crippen LogP contribution < -0.4 is 0 Å². The van der Waals surface area contributed by atoms with E-state index in [1.165, 1.54) is 24.3 Å². The van der Waals surface area contributed by atoms with Gasteiger partial charge in [-0.05, 0) is 34.4 Å². The summed E-state index contributed by atoms with van der Waals surface area (Å²) in [7, 11) is 0. The molecule has 1 aliphatic heterocycles. The summed E-state index contributed by atoms with van der Waals surface area (Å²) < 4.78 is 5.90. The predicted molar refractivity (Wildman–Crippen MR) is 145 cm³/mol. The number of fused-ring (bicyclic) bond motifs is 2. The second kappa shape index (κ2) is 11.6. The minimum Gasteiger partial charge on any atom is -0.507 e. The molecule has 1 unspecified atom stereocenters. The number of aliphatic imine (C=N–C) groups is 1. The number of aliphatic hydroxyl groups excluding tert-OH is 5. The number of carbonyl (C=O) groups is 1. The number of rotatable bonds is 7. The Hall–Kier alpha value is -3.84. The summed E-state index contributed by atoms with van der Waals surface area (Å²) >= 11 is 0. The van der Waals surface area contributed by atoms with E-state index in [1.54, 1.807) is 36.4 Å². The van der Waals surface area contributed by atoms with Gasteiger partial charge in [-0.1, -0.05) is 48.5 Å². The lowest BCUT2D eigenvalue weighted by molar-refractivity contribution is -0.232. The number of phenolic OH excluding ortho intramolecular Hbond substituents is 2. The van der Waals surface area contributed by atoms with E-state index >= 15 is 0 Å². The van der Waals surface area contributed by atoms with Gasteiger partial charge in [0.2, 0.25) is 0 Å². The average molecular weight is 566 g/mol. The zero-order valence-corrected chi connectivity index (χ0v) is 21.8. The van der Waals surface area contributed by atoms with Crippen LogP contribution in [-0.4, -0.2) is 95.7 Å². The zero-order valence-electron chi connectivity index (χ0n) is 21.8. The summed E-state index contributed by atoms with van der Waals surface area (Å²) in [6.07, 6.45) is -7.47. The number of hydrogen-bond donors (Lipinski definition) is 8. The van der Waals surface area contributed by atoms with E-state index in [1.807, 2.05) is 0 Å². The van der Waals surface area contributed by atoms with Crippen LogP contribution in [-0.2, 0) is 22.6 Å². The fraction of sp³-hybridized carbons (Fsp3) is 0.333. The lowest BCUT2D eigenvalue weighted by Gasteiger charge is -2.45. The number of phenols is 2. The molecule has 11 nitrogen and oxygen atoms in total. The number of carboxylic acids is 1. The zero-order chi connectivity index (χ0) is 29.4. The van der Waals surface area contributed by atoms with E-state index in [0.29, 0.717) is 11.1 Å². The average Bonchev–Trinajstić information content (AvgIpc) is 2.96. The van der Waals surface area contributed by atoms with Gasteiger partial charge in [0.15, 0.2) is 6.04 Å². The van der Waals surface area contributed by atoms with Crippen LogP contribution in [0.15, 0.2) is 65.7 Å². The molecule has 41 heavy (non-hydrogen) atoms. The highest BCUT2D eigenvalue weighted by Gasteiger charge is 2.50. The molecule has 0 bridgehead atoms. The van der Waals surface area contributed by atoms with E-state index in [0.717, 1.165) is 0 Å². The predicted octanol–water partition coefficient (Wildman–Crippen LogP) is 0.411. The van der Waals surface area contributed by atoms with Crippen molar-refractivity contribution in [3.63, 3.8) is 0 Å². The Kier molecular flexibility index (Phi) is 8.09. The first-order valence-corrected chi connectivity index (χ1v) is 13.1. The minimum absolute atomic E-state index is 0.0146. The second-order valence-electron chi connectivity index (χ2n) is 10.3. The Morgan fingerprint density at radius 3 is 2.20 bits per heavy atom. The quantitative estimate of drug-likeness (QED) is 0.198. The summed E-state index contributed by atoms with van der Waals surface area (Å²) in [5.74, 6) is -2.89. The van der Waals surface area contributed by atoms with Gasteiger partial charge in [-0.2, -0.15) is 0 Å². The van der Waals surface area contributed by atoms with Crippen molar-refractivity contribution in [2.75, 3.05) is 6.61 Å². The van der Waals surface area contributed by atoms with Crippen molar-refractivity contribution >= 4 is 11.7 Å². The number of hydrogen-bond acceptors (Lipinski definition) is 10. The van der Waals surface area contributed by atoms with Crippen LogP contribution >= 0.6 is 0 Å². The maximum Gasteiger partial charge on any atom is 0.328 e. The SMILES string of the molecule is O=C(O)[C@H](Cc1ccccc1)N=C1c2c(O)cccc2C([C@@H]2O[C@H](CO)[C@@H](O)[C@H](O)[C@H]2O)c2cc(CO)cc(O)c21. The molecule has 1 fully saturated rings.